The second kappa shape index (κ2) is 5.00. The lowest BCUT2D eigenvalue weighted by atomic mass is 9.87. The summed E-state index contributed by atoms with van der Waals surface area (Å²) < 4.78 is 5.81. The zero-order valence-corrected chi connectivity index (χ0v) is 9.76. The van der Waals surface area contributed by atoms with E-state index in [2.05, 4.69) is 0 Å². The summed E-state index contributed by atoms with van der Waals surface area (Å²) in [5, 5.41) is 9.26. The van der Waals surface area contributed by atoms with Crippen molar-refractivity contribution >= 4 is 5.97 Å². The zero-order valence-electron chi connectivity index (χ0n) is 9.76. The minimum atomic E-state index is -0.693. The van der Waals surface area contributed by atoms with Crippen LogP contribution < -0.4 is 0 Å². The highest BCUT2D eigenvalue weighted by molar-refractivity contribution is 5.70. The number of carbonyl (C=O) groups is 1. The van der Waals surface area contributed by atoms with Gasteiger partial charge in [-0.3, -0.25) is 4.79 Å². The fourth-order valence-electron chi connectivity index (χ4n) is 3.02. The van der Waals surface area contributed by atoms with Crippen molar-refractivity contribution in [2.45, 2.75) is 51.2 Å². The van der Waals surface area contributed by atoms with Crippen LogP contribution in [-0.2, 0) is 9.53 Å². The molecule has 1 heterocycles. The smallest absolute Gasteiger partial charge is 0.309 e. The van der Waals surface area contributed by atoms with E-state index in [0.717, 1.165) is 25.7 Å². The standard InChI is InChI=1S/C13H20O3/c1-2-3-4-5-11(13(14)15)12-9-6-7-10(8-9)16-12/h2-3,9-12H,4-8H2,1H3,(H,14,15). The third-order valence-corrected chi connectivity index (χ3v) is 3.83. The number of carboxylic acid groups (broad SMARTS) is 1. The molecular formula is C13H20O3. The summed E-state index contributed by atoms with van der Waals surface area (Å²) in [6, 6.07) is 0. The van der Waals surface area contributed by atoms with Gasteiger partial charge in [-0.2, -0.15) is 0 Å². The van der Waals surface area contributed by atoms with Gasteiger partial charge in [-0.05, 0) is 44.9 Å². The highest BCUT2D eigenvalue weighted by atomic mass is 16.5. The lowest BCUT2D eigenvalue weighted by Gasteiger charge is -2.27. The predicted octanol–water partition coefficient (Wildman–Crippen LogP) is 2.61. The van der Waals surface area contributed by atoms with Crippen LogP contribution >= 0.6 is 0 Å². The van der Waals surface area contributed by atoms with E-state index in [-0.39, 0.29) is 12.0 Å². The molecule has 4 atom stereocenters. The minimum absolute atomic E-state index is 0.0264. The van der Waals surface area contributed by atoms with Crippen molar-refractivity contribution in [2.75, 3.05) is 0 Å². The highest BCUT2D eigenvalue weighted by Crippen LogP contribution is 2.43. The molecule has 4 unspecified atom stereocenters. The molecule has 0 aromatic rings. The fraction of sp³-hybridized carbons (Fsp3) is 0.769. The molecular weight excluding hydrogens is 204 g/mol. The first kappa shape index (κ1) is 11.6. The lowest BCUT2D eigenvalue weighted by molar-refractivity contribution is -0.150. The van der Waals surface area contributed by atoms with Gasteiger partial charge >= 0.3 is 5.97 Å². The van der Waals surface area contributed by atoms with Crippen molar-refractivity contribution in [3.8, 4) is 0 Å². The Hall–Kier alpha value is -0.830. The Morgan fingerprint density at radius 1 is 1.56 bits per heavy atom. The van der Waals surface area contributed by atoms with Crippen LogP contribution in [0.25, 0.3) is 0 Å². The Morgan fingerprint density at radius 2 is 2.38 bits per heavy atom. The largest absolute Gasteiger partial charge is 0.481 e. The second-order valence-corrected chi connectivity index (χ2v) is 4.89. The van der Waals surface area contributed by atoms with Crippen LogP contribution in [-0.4, -0.2) is 23.3 Å². The van der Waals surface area contributed by atoms with Crippen molar-refractivity contribution < 1.29 is 14.6 Å². The van der Waals surface area contributed by atoms with Gasteiger partial charge in [-0.25, -0.2) is 0 Å². The minimum Gasteiger partial charge on any atom is -0.481 e. The van der Waals surface area contributed by atoms with E-state index in [1.165, 1.54) is 0 Å². The van der Waals surface area contributed by atoms with E-state index in [1.807, 2.05) is 19.1 Å². The number of aliphatic carboxylic acids is 1. The number of carboxylic acids is 1. The average Bonchev–Trinajstić information content (AvgIpc) is 2.85. The molecule has 3 heteroatoms. The molecule has 2 rings (SSSR count). The van der Waals surface area contributed by atoms with Crippen LogP contribution in [0, 0.1) is 11.8 Å². The Balaban J connectivity index is 1.94. The molecule has 0 aromatic carbocycles. The molecule has 0 radical (unpaired) electrons. The highest BCUT2D eigenvalue weighted by Gasteiger charge is 2.46. The zero-order chi connectivity index (χ0) is 11.5. The Kier molecular flexibility index (Phi) is 3.64. The number of hydrogen-bond acceptors (Lipinski definition) is 2. The quantitative estimate of drug-likeness (QED) is 0.730. The first-order chi connectivity index (χ1) is 7.72. The van der Waals surface area contributed by atoms with E-state index in [1.54, 1.807) is 0 Å². The maximum atomic E-state index is 11.3. The number of rotatable bonds is 5. The molecule has 3 nitrogen and oxygen atoms in total. The summed E-state index contributed by atoms with van der Waals surface area (Å²) in [6.07, 6.45) is 9.23. The third-order valence-electron chi connectivity index (χ3n) is 3.83. The van der Waals surface area contributed by atoms with Crippen LogP contribution in [0.15, 0.2) is 12.2 Å². The first-order valence-electron chi connectivity index (χ1n) is 6.21. The van der Waals surface area contributed by atoms with E-state index in [9.17, 15) is 9.90 Å². The number of allylic oxidation sites excluding steroid dienone is 2. The topological polar surface area (TPSA) is 46.5 Å². The van der Waals surface area contributed by atoms with Gasteiger partial charge in [0.25, 0.3) is 0 Å². The Labute approximate surface area is 96.5 Å². The molecule has 0 amide bonds. The Morgan fingerprint density at radius 3 is 2.88 bits per heavy atom. The summed E-state index contributed by atoms with van der Waals surface area (Å²) in [7, 11) is 0. The van der Waals surface area contributed by atoms with Gasteiger partial charge in [0.05, 0.1) is 18.1 Å². The van der Waals surface area contributed by atoms with Crippen LogP contribution in [0.3, 0.4) is 0 Å². The molecule has 2 aliphatic rings. The van der Waals surface area contributed by atoms with E-state index < -0.39 is 5.97 Å². The van der Waals surface area contributed by atoms with Crippen LogP contribution in [0.4, 0.5) is 0 Å². The maximum Gasteiger partial charge on any atom is 0.309 e. The van der Waals surface area contributed by atoms with Crippen LogP contribution in [0.1, 0.15) is 39.0 Å². The number of hydrogen-bond donors (Lipinski definition) is 1. The average molecular weight is 224 g/mol. The monoisotopic (exact) mass is 224 g/mol. The van der Waals surface area contributed by atoms with Gasteiger partial charge in [0, 0.05) is 0 Å². The molecule has 90 valence electrons. The summed E-state index contributed by atoms with van der Waals surface area (Å²) in [5.74, 6) is -0.509. The van der Waals surface area contributed by atoms with Crippen molar-refractivity contribution in [1.29, 1.82) is 0 Å². The van der Waals surface area contributed by atoms with Gasteiger partial charge in [0.1, 0.15) is 0 Å². The van der Waals surface area contributed by atoms with E-state index in [0.29, 0.717) is 18.4 Å². The van der Waals surface area contributed by atoms with Gasteiger partial charge in [-0.1, -0.05) is 12.2 Å². The molecule has 1 N–H and O–H groups in total. The van der Waals surface area contributed by atoms with Crippen molar-refractivity contribution in [1.82, 2.24) is 0 Å². The molecule has 2 bridgehead atoms. The SMILES string of the molecule is CC=CCCC(C(=O)O)C1OC2CCC1C2. The van der Waals surface area contributed by atoms with Crippen LogP contribution in [0.2, 0.25) is 0 Å². The van der Waals surface area contributed by atoms with Crippen molar-refractivity contribution in [2.24, 2.45) is 11.8 Å². The summed E-state index contributed by atoms with van der Waals surface area (Å²) in [6.45, 7) is 1.96. The van der Waals surface area contributed by atoms with E-state index in [4.69, 9.17) is 4.74 Å². The molecule has 1 saturated heterocycles. The van der Waals surface area contributed by atoms with Crippen molar-refractivity contribution in [3.05, 3.63) is 12.2 Å². The third kappa shape index (κ3) is 2.29. The lowest BCUT2D eigenvalue weighted by Crippen LogP contribution is -2.34. The fourth-order valence-corrected chi connectivity index (χ4v) is 3.02. The normalized spacial score (nSPS) is 34.7. The van der Waals surface area contributed by atoms with E-state index >= 15 is 0 Å². The molecule has 1 aliphatic carbocycles. The van der Waals surface area contributed by atoms with Gasteiger partial charge in [0.2, 0.25) is 0 Å². The second-order valence-electron chi connectivity index (χ2n) is 4.89. The first-order valence-corrected chi connectivity index (χ1v) is 6.21. The van der Waals surface area contributed by atoms with Gasteiger partial charge in [0.15, 0.2) is 0 Å². The Bertz CT molecular complexity index is 285. The molecule has 1 saturated carbocycles. The van der Waals surface area contributed by atoms with Gasteiger partial charge in [-0.15, -0.1) is 0 Å². The van der Waals surface area contributed by atoms with Crippen molar-refractivity contribution in [3.63, 3.8) is 0 Å². The molecule has 16 heavy (non-hydrogen) atoms. The predicted molar refractivity (Wildman–Crippen MR) is 61.2 cm³/mol. The van der Waals surface area contributed by atoms with Gasteiger partial charge < -0.3 is 9.84 Å². The maximum absolute atomic E-state index is 11.3. The summed E-state index contributed by atoms with van der Waals surface area (Å²) >= 11 is 0. The molecule has 0 aromatic heterocycles. The summed E-state index contributed by atoms with van der Waals surface area (Å²) in [4.78, 5) is 11.3. The molecule has 1 aliphatic heterocycles. The molecule has 2 fully saturated rings. The summed E-state index contributed by atoms with van der Waals surface area (Å²) in [5.41, 5.74) is 0. The van der Waals surface area contributed by atoms with Crippen LogP contribution in [0.5, 0.6) is 0 Å². The number of fused-ring (bicyclic) bond motifs is 2. The number of ether oxygens (including phenoxy) is 1. The molecule has 0 spiro atoms.